The average molecular weight is 1180 g/mol. The predicted molar refractivity (Wildman–Crippen MR) is 381 cm³/mol. The number of ether oxygens (including phenoxy) is 4. The number of para-hydroxylation sites is 4. The van der Waals surface area contributed by atoms with Crippen molar-refractivity contribution in [2.45, 2.75) is 71.6 Å². The fourth-order valence-electron chi connectivity index (χ4n) is 14.2. The van der Waals surface area contributed by atoms with Gasteiger partial charge in [-0.15, -0.1) is 0 Å². The quantitative estimate of drug-likeness (QED) is 0.0630. The van der Waals surface area contributed by atoms with Gasteiger partial charge in [0.1, 0.15) is 11.5 Å². The third-order valence-corrected chi connectivity index (χ3v) is 18.6. The van der Waals surface area contributed by atoms with Gasteiger partial charge in [0, 0.05) is 21.5 Å². The van der Waals surface area contributed by atoms with Gasteiger partial charge in [-0.05, 0) is 174 Å². The Morgan fingerprint density at radius 3 is 1.02 bits per heavy atom. The SMILES string of the molecule is CCCCCCCOc1ccc2cc(-c3c4ccccc4c(N4c5ccccc5Oc5cc(-c6ccc7c(c6)Oc6ccccc6N7c6c7ccccc7c(-c7ccc8cc(OCCCCCC)ccc8c7)c7ccccc67)ccc54)c4ccccc34)ccc2c1. The summed E-state index contributed by atoms with van der Waals surface area (Å²) >= 11 is 0. The van der Waals surface area contributed by atoms with Crippen molar-refractivity contribution in [1.29, 1.82) is 0 Å². The highest BCUT2D eigenvalue weighted by atomic mass is 16.5. The molecule has 2 heterocycles. The summed E-state index contributed by atoms with van der Waals surface area (Å²) in [5, 5.41) is 14.0. The molecule has 16 rings (SSSR count). The first kappa shape index (κ1) is 55.7. The largest absolute Gasteiger partial charge is 0.494 e. The number of unbranched alkanes of at least 4 members (excludes halogenated alkanes) is 7. The fourth-order valence-corrected chi connectivity index (χ4v) is 14.2. The summed E-state index contributed by atoms with van der Waals surface area (Å²) in [6.07, 6.45) is 10.8. The minimum atomic E-state index is 0.742. The maximum atomic E-state index is 7.01. The predicted octanol–water partition coefficient (Wildman–Crippen LogP) is 25.1. The molecule has 444 valence electrons. The van der Waals surface area contributed by atoms with Crippen molar-refractivity contribution in [2.75, 3.05) is 23.0 Å². The van der Waals surface area contributed by atoms with E-state index in [0.29, 0.717) is 0 Å². The molecule has 0 saturated heterocycles. The first-order valence-electron chi connectivity index (χ1n) is 32.7. The standard InChI is InChI=1S/C85H70N2O4/c1-3-5-7-9-23-49-89-65-45-41-57-51-63(39-37-59(57)53-65)83-68-26-12-16-30-72(68)85(73-31-17-13-27-69(73)83)87-75-33-19-21-35-79(75)91-81-55-61(43-47-77(81)87)60-42-46-76-80(54-60)90-78-34-20-18-32-74(78)86(76)84-70-28-14-10-24-66(70)82(67-25-11-15-29-71(67)84)62-38-36-58-52-64(44-40-56(58)50-62)88-48-22-8-6-4-2/h10-21,24-47,50-55H,3-9,22-23,48-49H2,1-2H3. The van der Waals surface area contributed by atoms with Gasteiger partial charge < -0.3 is 28.7 Å². The van der Waals surface area contributed by atoms with Crippen LogP contribution in [0.1, 0.15) is 71.6 Å². The number of hydrogen-bond donors (Lipinski definition) is 0. The van der Waals surface area contributed by atoms with Gasteiger partial charge in [-0.3, -0.25) is 0 Å². The molecule has 14 aromatic carbocycles. The molecule has 14 aromatic rings. The second-order valence-electron chi connectivity index (χ2n) is 24.4. The summed E-state index contributed by atoms with van der Waals surface area (Å²) in [5.74, 6) is 4.97. The Morgan fingerprint density at radius 2 is 0.604 bits per heavy atom. The van der Waals surface area contributed by atoms with E-state index >= 15 is 0 Å². The fraction of sp³-hybridized carbons (Fsp3) is 0.153. The normalized spacial score (nSPS) is 12.5. The van der Waals surface area contributed by atoms with Crippen LogP contribution in [0.2, 0.25) is 0 Å². The number of rotatable bonds is 18. The van der Waals surface area contributed by atoms with Crippen molar-refractivity contribution in [3.63, 3.8) is 0 Å². The van der Waals surface area contributed by atoms with Gasteiger partial charge in [0.15, 0.2) is 23.0 Å². The molecule has 0 bridgehead atoms. The Balaban J connectivity index is 0.768. The molecule has 0 radical (unpaired) electrons. The number of benzene rings is 14. The van der Waals surface area contributed by atoms with Gasteiger partial charge in [0.25, 0.3) is 0 Å². The lowest BCUT2D eigenvalue weighted by atomic mass is 9.89. The molecule has 0 atom stereocenters. The Morgan fingerprint density at radius 1 is 0.275 bits per heavy atom. The number of fused-ring (bicyclic) bond motifs is 10. The third kappa shape index (κ3) is 10.2. The van der Waals surface area contributed by atoms with Gasteiger partial charge in [-0.2, -0.15) is 0 Å². The average Bonchev–Trinajstić information content (AvgIpc) is 0.868. The molecule has 2 aliphatic rings. The molecule has 0 saturated carbocycles. The van der Waals surface area contributed by atoms with Crippen LogP contribution in [-0.4, -0.2) is 13.2 Å². The smallest absolute Gasteiger partial charge is 0.152 e. The van der Waals surface area contributed by atoms with Crippen molar-refractivity contribution in [2.24, 2.45) is 0 Å². The lowest BCUT2D eigenvalue weighted by Crippen LogP contribution is -2.17. The minimum Gasteiger partial charge on any atom is -0.494 e. The number of nitrogens with zero attached hydrogens (tertiary/aromatic N) is 2. The lowest BCUT2D eigenvalue weighted by molar-refractivity contribution is 0.305. The van der Waals surface area contributed by atoms with Crippen molar-refractivity contribution < 1.29 is 18.9 Å². The van der Waals surface area contributed by atoms with Gasteiger partial charge >= 0.3 is 0 Å². The maximum absolute atomic E-state index is 7.01. The van der Waals surface area contributed by atoms with E-state index < -0.39 is 0 Å². The second kappa shape index (κ2) is 24.1. The van der Waals surface area contributed by atoms with Crippen molar-refractivity contribution >= 4 is 98.8 Å². The summed E-state index contributed by atoms with van der Waals surface area (Å²) < 4.78 is 26.5. The topological polar surface area (TPSA) is 43.4 Å². The van der Waals surface area contributed by atoms with E-state index in [0.717, 1.165) is 127 Å². The maximum Gasteiger partial charge on any atom is 0.152 e. The third-order valence-electron chi connectivity index (χ3n) is 18.6. The van der Waals surface area contributed by atoms with E-state index in [4.69, 9.17) is 18.9 Å². The number of anilines is 6. The van der Waals surface area contributed by atoms with Crippen LogP contribution < -0.4 is 28.7 Å². The Bertz CT molecular complexity index is 5010. The van der Waals surface area contributed by atoms with E-state index in [2.05, 4.69) is 278 Å². The van der Waals surface area contributed by atoms with Gasteiger partial charge in [0.05, 0.1) is 47.3 Å². The molecule has 0 fully saturated rings. The summed E-state index contributed by atoms with van der Waals surface area (Å²) in [6.45, 7) is 5.99. The Kier molecular flexibility index (Phi) is 14.8. The van der Waals surface area contributed by atoms with Crippen LogP contribution in [-0.2, 0) is 0 Å². The van der Waals surface area contributed by atoms with E-state index in [1.54, 1.807) is 0 Å². The van der Waals surface area contributed by atoms with Crippen LogP contribution >= 0.6 is 0 Å². The molecule has 0 unspecified atom stereocenters. The zero-order valence-electron chi connectivity index (χ0n) is 51.6. The highest BCUT2D eigenvalue weighted by molar-refractivity contribution is 6.25. The molecule has 6 heteroatoms. The van der Waals surface area contributed by atoms with Gasteiger partial charge in [0.2, 0.25) is 0 Å². The molecular weight excluding hydrogens is 1110 g/mol. The van der Waals surface area contributed by atoms with E-state index in [1.807, 2.05) is 0 Å². The molecule has 0 aliphatic carbocycles. The molecule has 2 aliphatic heterocycles. The number of hydrogen-bond acceptors (Lipinski definition) is 6. The van der Waals surface area contributed by atoms with Crippen molar-refractivity contribution in [1.82, 2.24) is 0 Å². The molecule has 91 heavy (non-hydrogen) atoms. The van der Waals surface area contributed by atoms with Crippen molar-refractivity contribution in [3.05, 3.63) is 255 Å². The van der Waals surface area contributed by atoms with E-state index in [9.17, 15) is 0 Å². The van der Waals surface area contributed by atoms with E-state index in [1.165, 1.54) is 110 Å². The van der Waals surface area contributed by atoms with Crippen molar-refractivity contribution in [3.8, 4) is 67.9 Å². The lowest BCUT2D eigenvalue weighted by Gasteiger charge is -2.35. The van der Waals surface area contributed by atoms with Gasteiger partial charge in [-0.1, -0.05) is 229 Å². The Hall–Kier alpha value is -10.6. The molecule has 0 spiro atoms. The van der Waals surface area contributed by atoms with E-state index in [-0.39, 0.29) is 0 Å². The summed E-state index contributed by atoms with van der Waals surface area (Å²) in [6, 6.07) is 92.5. The monoisotopic (exact) mass is 1180 g/mol. The summed E-state index contributed by atoms with van der Waals surface area (Å²) in [7, 11) is 0. The Labute approximate surface area is 532 Å². The van der Waals surface area contributed by atoms with Crippen LogP contribution in [0, 0.1) is 0 Å². The second-order valence-corrected chi connectivity index (χ2v) is 24.4. The zero-order chi connectivity index (χ0) is 60.8. The molecule has 0 N–H and O–H groups in total. The van der Waals surface area contributed by atoms with Crippen LogP contribution in [0.25, 0.3) is 98.0 Å². The highest BCUT2D eigenvalue weighted by Crippen LogP contribution is 2.58. The van der Waals surface area contributed by atoms with Crippen LogP contribution in [0.15, 0.2) is 255 Å². The zero-order valence-corrected chi connectivity index (χ0v) is 51.6. The summed E-state index contributed by atoms with van der Waals surface area (Å²) in [4.78, 5) is 4.84. The summed E-state index contributed by atoms with van der Waals surface area (Å²) in [5.41, 5.74) is 12.9. The first-order valence-corrected chi connectivity index (χ1v) is 32.7. The molecular formula is C85H70N2O4. The molecule has 0 amide bonds. The van der Waals surface area contributed by atoms with Crippen LogP contribution in [0.5, 0.6) is 34.5 Å². The first-order chi connectivity index (χ1) is 45.1. The van der Waals surface area contributed by atoms with Gasteiger partial charge in [-0.25, -0.2) is 0 Å². The minimum absolute atomic E-state index is 0.742. The molecule has 0 aromatic heterocycles. The highest BCUT2D eigenvalue weighted by Gasteiger charge is 2.33. The van der Waals surface area contributed by atoms with Crippen LogP contribution in [0.3, 0.4) is 0 Å². The van der Waals surface area contributed by atoms with Crippen LogP contribution in [0.4, 0.5) is 34.1 Å². The molecule has 6 nitrogen and oxygen atoms in total.